The van der Waals surface area contributed by atoms with E-state index in [1.165, 1.54) is 12.1 Å². The minimum Gasteiger partial charge on any atom is -0.469 e. The number of hydrogen-bond acceptors (Lipinski definition) is 7. The number of rotatable bonds is 6. The SMILES string of the molecule is [2H]C([2H])(C(=O)OC)C([2H])([2H])[C@@]([2H])(C(N)=O)n1cnc2cccc([N+](=O)[O-])c2c1=O. The van der Waals surface area contributed by atoms with Crippen LogP contribution in [0.1, 0.15) is 25.6 Å². The van der Waals surface area contributed by atoms with Crippen molar-refractivity contribution in [3.63, 3.8) is 0 Å². The van der Waals surface area contributed by atoms with Gasteiger partial charge in [-0.2, -0.15) is 0 Å². The molecule has 24 heavy (non-hydrogen) atoms. The van der Waals surface area contributed by atoms with E-state index >= 15 is 0 Å². The van der Waals surface area contributed by atoms with E-state index in [9.17, 15) is 24.5 Å². The number of esters is 1. The van der Waals surface area contributed by atoms with E-state index in [1.54, 1.807) is 0 Å². The summed E-state index contributed by atoms with van der Waals surface area (Å²) in [5.41, 5.74) is 2.80. The summed E-state index contributed by atoms with van der Waals surface area (Å²) in [6.45, 7) is 0. The summed E-state index contributed by atoms with van der Waals surface area (Å²) < 4.78 is 44.0. The number of carbonyl (C=O) groups is 2. The largest absolute Gasteiger partial charge is 0.469 e. The van der Waals surface area contributed by atoms with Gasteiger partial charge in [-0.05, 0) is 12.4 Å². The number of nitrogens with zero attached hydrogens (tertiary/aromatic N) is 3. The standard InChI is InChI=1S/C14H14N4O6/c1-24-11(19)6-5-10(13(15)20)17-7-16-8-3-2-4-9(18(22)23)12(8)14(17)21/h2-4,7,10H,5-6H2,1H3,(H2,15,20)/t10-/m0/s1/i5D2,6D2,10D. The molecule has 0 saturated heterocycles. The Morgan fingerprint density at radius 2 is 2.29 bits per heavy atom. The van der Waals surface area contributed by atoms with Crippen LogP contribution in [0.5, 0.6) is 0 Å². The monoisotopic (exact) mass is 339 g/mol. The highest BCUT2D eigenvalue weighted by molar-refractivity contribution is 5.87. The zero-order chi connectivity index (χ0) is 22.4. The van der Waals surface area contributed by atoms with Gasteiger partial charge in [0.15, 0.2) is 0 Å². The lowest BCUT2D eigenvalue weighted by Crippen LogP contribution is -2.34. The molecule has 0 radical (unpaired) electrons. The molecule has 0 fully saturated rings. The van der Waals surface area contributed by atoms with Crippen molar-refractivity contribution in [3.05, 3.63) is 45.0 Å². The van der Waals surface area contributed by atoms with Crippen LogP contribution >= 0.6 is 0 Å². The van der Waals surface area contributed by atoms with Crippen LogP contribution < -0.4 is 11.3 Å². The van der Waals surface area contributed by atoms with Gasteiger partial charge >= 0.3 is 5.97 Å². The third-order valence-corrected chi connectivity index (χ3v) is 2.90. The summed E-state index contributed by atoms with van der Waals surface area (Å²) in [7, 11) is 0.749. The number of nitro groups is 1. The van der Waals surface area contributed by atoms with Crippen molar-refractivity contribution in [2.24, 2.45) is 5.73 Å². The van der Waals surface area contributed by atoms with Crippen LogP contribution in [0.25, 0.3) is 10.9 Å². The van der Waals surface area contributed by atoms with E-state index in [0.717, 1.165) is 13.2 Å². The molecular formula is C14H14N4O6. The first-order valence-corrected chi connectivity index (χ1v) is 6.28. The fourth-order valence-corrected chi connectivity index (χ4v) is 1.86. The fourth-order valence-electron chi connectivity index (χ4n) is 1.86. The van der Waals surface area contributed by atoms with E-state index in [0.29, 0.717) is 6.33 Å². The Labute approximate surface area is 142 Å². The number of benzene rings is 1. The molecule has 1 aromatic heterocycles. The summed E-state index contributed by atoms with van der Waals surface area (Å²) >= 11 is 0. The van der Waals surface area contributed by atoms with Crippen LogP contribution in [0.4, 0.5) is 5.69 Å². The summed E-state index contributed by atoms with van der Waals surface area (Å²) in [6.07, 6.45) is -6.85. The zero-order valence-electron chi connectivity index (χ0n) is 17.2. The Hall–Kier alpha value is -3.30. The maximum Gasteiger partial charge on any atom is 0.305 e. The van der Waals surface area contributed by atoms with Gasteiger partial charge in [0.2, 0.25) is 5.91 Å². The minimum absolute atomic E-state index is 0.0193. The molecule has 0 aliphatic rings. The van der Waals surface area contributed by atoms with Crippen LogP contribution in [-0.2, 0) is 14.3 Å². The molecule has 0 aliphatic heterocycles. The van der Waals surface area contributed by atoms with Gasteiger partial charge in [0.05, 0.1) is 25.2 Å². The molecule has 2 N–H and O–H groups in total. The number of hydrogen-bond donors (Lipinski definition) is 1. The number of aromatic nitrogens is 2. The molecule has 0 saturated carbocycles. The van der Waals surface area contributed by atoms with Crippen molar-refractivity contribution in [2.75, 3.05) is 7.11 Å². The molecule has 0 aliphatic carbocycles. The predicted molar refractivity (Wildman–Crippen MR) is 82.1 cm³/mol. The number of non-ortho nitro benzene ring substituents is 1. The summed E-state index contributed by atoms with van der Waals surface area (Å²) in [5, 5.41) is 10.6. The maximum atomic E-state index is 12.9. The number of carbonyl (C=O) groups excluding carboxylic acids is 2. The minimum atomic E-state index is -3.76. The fraction of sp³-hybridized carbons (Fsp3) is 0.286. The van der Waals surface area contributed by atoms with Crippen molar-refractivity contribution in [3.8, 4) is 0 Å². The van der Waals surface area contributed by atoms with Crippen LogP contribution in [-0.4, -0.2) is 33.5 Å². The maximum absolute atomic E-state index is 12.9. The Bertz CT molecular complexity index is 1090. The van der Waals surface area contributed by atoms with Gasteiger partial charge in [0, 0.05) is 17.9 Å². The Kier molecular flexibility index (Phi) is 3.22. The van der Waals surface area contributed by atoms with E-state index in [2.05, 4.69) is 9.72 Å². The zero-order valence-corrected chi connectivity index (χ0v) is 12.2. The molecule has 0 spiro atoms. The molecule has 1 aromatic carbocycles. The number of ether oxygens (including phenoxy) is 1. The smallest absolute Gasteiger partial charge is 0.305 e. The molecular weight excluding hydrogens is 320 g/mol. The molecule has 10 nitrogen and oxygen atoms in total. The first kappa shape index (κ1) is 11.3. The second kappa shape index (κ2) is 6.86. The van der Waals surface area contributed by atoms with Crippen LogP contribution in [0.15, 0.2) is 29.3 Å². The number of amides is 1. The van der Waals surface area contributed by atoms with Gasteiger partial charge in [0.25, 0.3) is 11.2 Å². The second-order valence-corrected chi connectivity index (χ2v) is 4.30. The molecule has 1 atom stereocenters. The van der Waals surface area contributed by atoms with Gasteiger partial charge in [-0.25, -0.2) is 4.98 Å². The van der Waals surface area contributed by atoms with Crippen molar-refractivity contribution in [1.29, 1.82) is 0 Å². The average Bonchev–Trinajstić information content (AvgIpc) is 2.65. The molecule has 10 heteroatoms. The Morgan fingerprint density at radius 3 is 2.88 bits per heavy atom. The third kappa shape index (κ3) is 3.21. The summed E-state index contributed by atoms with van der Waals surface area (Å²) in [4.78, 5) is 50.8. The summed E-state index contributed by atoms with van der Waals surface area (Å²) in [6, 6.07) is -0.151. The molecule has 1 heterocycles. The lowest BCUT2D eigenvalue weighted by Gasteiger charge is -2.16. The molecule has 2 rings (SSSR count). The number of methoxy groups -OCH3 is 1. The first-order chi connectivity index (χ1) is 13.2. The Morgan fingerprint density at radius 1 is 1.58 bits per heavy atom. The Balaban J connectivity index is 2.95. The van der Waals surface area contributed by atoms with E-state index in [1.807, 2.05) is 0 Å². The normalized spacial score (nSPS) is 17.5. The molecule has 0 bridgehead atoms. The van der Waals surface area contributed by atoms with Crippen molar-refractivity contribution in [1.82, 2.24) is 9.55 Å². The van der Waals surface area contributed by atoms with Crippen LogP contribution in [0, 0.1) is 10.1 Å². The van der Waals surface area contributed by atoms with Crippen molar-refractivity contribution >= 4 is 28.5 Å². The molecule has 0 unspecified atom stereocenters. The quantitative estimate of drug-likeness (QED) is 0.451. The van der Waals surface area contributed by atoms with E-state index in [4.69, 9.17) is 12.6 Å². The lowest BCUT2D eigenvalue weighted by atomic mass is 10.1. The highest BCUT2D eigenvalue weighted by Crippen LogP contribution is 2.21. The number of fused-ring (bicyclic) bond motifs is 1. The van der Waals surface area contributed by atoms with Gasteiger partial charge in [0.1, 0.15) is 11.4 Å². The third-order valence-electron chi connectivity index (χ3n) is 2.90. The van der Waals surface area contributed by atoms with E-state index in [-0.39, 0.29) is 10.1 Å². The summed E-state index contributed by atoms with van der Waals surface area (Å²) in [5.74, 6) is -3.62. The van der Waals surface area contributed by atoms with Crippen molar-refractivity contribution in [2.45, 2.75) is 18.8 Å². The highest BCUT2D eigenvalue weighted by Gasteiger charge is 2.24. The number of primary amides is 1. The molecule has 2 aromatic rings. The van der Waals surface area contributed by atoms with Gasteiger partial charge in [-0.1, -0.05) is 6.07 Å². The highest BCUT2D eigenvalue weighted by atomic mass is 16.6. The molecule has 1 amide bonds. The first-order valence-electron chi connectivity index (χ1n) is 8.78. The lowest BCUT2D eigenvalue weighted by molar-refractivity contribution is -0.383. The van der Waals surface area contributed by atoms with Gasteiger partial charge in [-0.15, -0.1) is 0 Å². The van der Waals surface area contributed by atoms with Gasteiger partial charge in [-0.3, -0.25) is 29.1 Å². The predicted octanol–water partition coefficient (Wildman–Crippen LogP) is 0.284. The second-order valence-electron chi connectivity index (χ2n) is 4.30. The number of nitro benzene ring substituents is 1. The number of nitrogens with two attached hydrogens (primary N) is 1. The van der Waals surface area contributed by atoms with Gasteiger partial charge < -0.3 is 10.5 Å². The van der Waals surface area contributed by atoms with Crippen molar-refractivity contribution < 1.29 is 26.1 Å². The topological polar surface area (TPSA) is 147 Å². The van der Waals surface area contributed by atoms with Crippen LogP contribution in [0.3, 0.4) is 0 Å². The molecule has 126 valence electrons. The average molecular weight is 339 g/mol. The van der Waals surface area contributed by atoms with Crippen LogP contribution in [0.2, 0.25) is 0 Å². The van der Waals surface area contributed by atoms with E-state index < -0.39 is 52.2 Å².